The summed E-state index contributed by atoms with van der Waals surface area (Å²) in [6, 6.07) is 0.329. The van der Waals surface area contributed by atoms with Gasteiger partial charge in [0.05, 0.1) is 17.8 Å². The van der Waals surface area contributed by atoms with E-state index in [2.05, 4.69) is 22.2 Å². The maximum atomic E-state index is 5.67. The molecule has 2 rings (SSSR count). The molecule has 0 amide bonds. The van der Waals surface area contributed by atoms with E-state index < -0.39 is 0 Å². The van der Waals surface area contributed by atoms with Crippen molar-refractivity contribution >= 4 is 0 Å². The van der Waals surface area contributed by atoms with E-state index in [4.69, 9.17) is 4.74 Å². The smallest absolute Gasteiger partial charge is 0.0756 e. The quantitative estimate of drug-likeness (QED) is 0.783. The Kier molecular flexibility index (Phi) is 6.24. The first-order valence-electron chi connectivity index (χ1n) is 7.51. The van der Waals surface area contributed by atoms with Gasteiger partial charge in [0.15, 0.2) is 0 Å². The Hall–Kier alpha value is -1.00. The van der Waals surface area contributed by atoms with Crippen molar-refractivity contribution in [2.75, 3.05) is 13.2 Å². The van der Waals surface area contributed by atoms with Crippen LogP contribution in [-0.2, 0) is 4.74 Å². The summed E-state index contributed by atoms with van der Waals surface area (Å²) < 4.78 is 5.67. The summed E-state index contributed by atoms with van der Waals surface area (Å²) in [5.74, 6) is 0. The Balaban J connectivity index is 1.79. The predicted molar refractivity (Wildman–Crippen MR) is 75.9 cm³/mol. The summed E-state index contributed by atoms with van der Waals surface area (Å²) in [4.78, 5) is 8.60. The molecule has 106 valence electrons. The molecular weight excluding hydrogens is 238 g/mol. The number of hydrogen-bond donors (Lipinski definition) is 1. The first-order valence-corrected chi connectivity index (χ1v) is 7.51. The lowest BCUT2D eigenvalue weighted by Gasteiger charge is -2.18. The highest BCUT2D eigenvalue weighted by Gasteiger charge is 2.17. The summed E-state index contributed by atoms with van der Waals surface area (Å²) >= 11 is 0. The molecule has 2 atom stereocenters. The van der Waals surface area contributed by atoms with E-state index in [-0.39, 0.29) is 0 Å². The number of nitrogens with one attached hydrogen (secondary N) is 1. The second-order valence-corrected chi connectivity index (χ2v) is 5.20. The molecule has 4 nitrogen and oxygen atoms in total. The molecule has 1 saturated heterocycles. The second-order valence-electron chi connectivity index (χ2n) is 5.20. The van der Waals surface area contributed by atoms with Crippen LogP contribution in [0, 0.1) is 0 Å². The molecule has 0 aromatic carbocycles. The fraction of sp³-hybridized carbons (Fsp3) is 0.733. The zero-order valence-electron chi connectivity index (χ0n) is 11.8. The highest BCUT2D eigenvalue weighted by atomic mass is 16.5. The molecule has 0 radical (unpaired) electrons. The molecule has 1 aromatic rings. The summed E-state index contributed by atoms with van der Waals surface area (Å²) in [7, 11) is 0. The Morgan fingerprint density at radius 1 is 1.47 bits per heavy atom. The molecule has 1 aromatic heterocycles. The van der Waals surface area contributed by atoms with Gasteiger partial charge in [0.2, 0.25) is 0 Å². The third-order valence-corrected chi connectivity index (χ3v) is 3.62. The first kappa shape index (κ1) is 14.4. The van der Waals surface area contributed by atoms with E-state index in [0.29, 0.717) is 12.1 Å². The number of aromatic nitrogens is 2. The van der Waals surface area contributed by atoms with Crippen LogP contribution in [0.25, 0.3) is 0 Å². The lowest BCUT2D eigenvalue weighted by Crippen LogP contribution is -2.23. The fourth-order valence-corrected chi connectivity index (χ4v) is 2.59. The van der Waals surface area contributed by atoms with Gasteiger partial charge >= 0.3 is 0 Å². The minimum Gasteiger partial charge on any atom is -0.378 e. The summed E-state index contributed by atoms with van der Waals surface area (Å²) in [5.41, 5.74) is 1.06. The van der Waals surface area contributed by atoms with E-state index in [1.807, 2.05) is 6.20 Å². The zero-order valence-corrected chi connectivity index (χ0v) is 11.8. The Bertz CT molecular complexity index is 339. The molecule has 1 N–H and O–H groups in total. The van der Waals surface area contributed by atoms with Crippen molar-refractivity contribution < 1.29 is 4.74 Å². The molecule has 2 heterocycles. The highest BCUT2D eigenvalue weighted by Crippen LogP contribution is 2.22. The van der Waals surface area contributed by atoms with Crippen LogP contribution in [-0.4, -0.2) is 29.2 Å². The number of hydrogen-bond acceptors (Lipinski definition) is 4. The molecule has 0 saturated carbocycles. The monoisotopic (exact) mass is 263 g/mol. The van der Waals surface area contributed by atoms with Gasteiger partial charge in [-0.25, -0.2) is 0 Å². The molecule has 1 aliphatic rings. The van der Waals surface area contributed by atoms with Crippen molar-refractivity contribution in [2.45, 2.75) is 57.6 Å². The lowest BCUT2D eigenvalue weighted by molar-refractivity contribution is 0.101. The molecule has 1 fully saturated rings. The van der Waals surface area contributed by atoms with E-state index in [1.165, 1.54) is 25.7 Å². The van der Waals surface area contributed by atoms with Gasteiger partial charge in [-0.15, -0.1) is 0 Å². The zero-order chi connectivity index (χ0) is 13.3. The van der Waals surface area contributed by atoms with Gasteiger partial charge in [-0.05, 0) is 45.1 Å². The van der Waals surface area contributed by atoms with E-state index in [9.17, 15) is 0 Å². The molecule has 0 aliphatic carbocycles. The lowest BCUT2D eigenvalue weighted by atomic mass is 10.0. The average molecular weight is 263 g/mol. The molecule has 1 aliphatic heterocycles. The number of rotatable bonds is 8. The van der Waals surface area contributed by atoms with Crippen molar-refractivity contribution in [3.63, 3.8) is 0 Å². The van der Waals surface area contributed by atoms with Crippen molar-refractivity contribution in [1.29, 1.82) is 0 Å². The van der Waals surface area contributed by atoms with Gasteiger partial charge in [0, 0.05) is 25.2 Å². The van der Waals surface area contributed by atoms with Gasteiger partial charge in [-0.2, -0.15) is 0 Å². The normalized spacial score (nSPS) is 20.6. The van der Waals surface area contributed by atoms with Gasteiger partial charge in [0.1, 0.15) is 0 Å². The highest BCUT2D eigenvalue weighted by molar-refractivity contribution is 5.02. The molecule has 0 spiro atoms. The van der Waals surface area contributed by atoms with Gasteiger partial charge in [-0.1, -0.05) is 6.92 Å². The summed E-state index contributed by atoms with van der Waals surface area (Å²) in [6.45, 7) is 4.17. The molecule has 2 unspecified atom stereocenters. The van der Waals surface area contributed by atoms with Crippen LogP contribution in [0.4, 0.5) is 0 Å². The van der Waals surface area contributed by atoms with E-state index >= 15 is 0 Å². The van der Waals surface area contributed by atoms with Gasteiger partial charge < -0.3 is 10.1 Å². The number of ether oxygens (including phenoxy) is 1. The Labute approximate surface area is 116 Å². The maximum Gasteiger partial charge on any atom is 0.0756 e. The number of nitrogens with zero attached hydrogens (tertiary/aromatic N) is 2. The van der Waals surface area contributed by atoms with Crippen LogP contribution < -0.4 is 5.32 Å². The largest absolute Gasteiger partial charge is 0.378 e. The second kappa shape index (κ2) is 8.23. The first-order chi connectivity index (χ1) is 9.40. The minimum absolute atomic E-state index is 0.329. The maximum absolute atomic E-state index is 5.67. The molecular formula is C15H25N3O. The molecule has 0 bridgehead atoms. The summed E-state index contributed by atoms with van der Waals surface area (Å²) in [5, 5.41) is 3.57. The van der Waals surface area contributed by atoms with Gasteiger partial charge in [-0.3, -0.25) is 9.97 Å². The van der Waals surface area contributed by atoms with Crippen LogP contribution in [0.2, 0.25) is 0 Å². The van der Waals surface area contributed by atoms with Crippen molar-refractivity contribution in [1.82, 2.24) is 15.3 Å². The van der Waals surface area contributed by atoms with E-state index in [1.54, 1.807) is 12.4 Å². The van der Waals surface area contributed by atoms with Crippen molar-refractivity contribution in [2.24, 2.45) is 0 Å². The van der Waals surface area contributed by atoms with Gasteiger partial charge in [0.25, 0.3) is 0 Å². The third kappa shape index (κ3) is 4.88. The third-order valence-electron chi connectivity index (χ3n) is 3.62. The van der Waals surface area contributed by atoms with E-state index in [0.717, 1.165) is 31.7 Å². The van der Waals surface area contributed by atoms with Crippen LogP contribution in [0.1, 0.15) is 57.2 Å². The van der Waals surface area contributed by atoms with Crippen molar-refractivity contribution in [3.8, 4) is 0 Å². The predicted octanol–water partition coefficient (Wildman–Crippen LogP) is 2.87. The standard InChI is InChI=1S/C15H25N3O/c1-2-8-17-14(15-12-16-9-10-18-15)7-3-5-13-6-4-11-19-13/h9-10,12-14,17H,2-8,11H2,1H3. The minimum atomic E-state index is 0.329. The van der Waals surface area contributed by atoms with Crippen LogP contribution >= 0.6 is 0 Å². The summed E-state index contributed by atoms with van der Waals surface area (Å²) in [6.07, 6.45) is 12.9. The van der Waals surface area contributed by atoms with Crippen molar-refractivity contribution in [3.05, 3.63) is 24.3 Å². The Morgan fingerprint density at radius 2 is 2.42 bits per heavy atom. The fourth-order valence-electron chi connectivity index (χ4n) is 2.59. The topological polar surface area (TPSA) is 47.0 Å². The van der Waals surface area contributed by atoms with Crippen LogP contribution in [0.3, 0.4) is 0 Å². The average Bonchev–Trinajstić information content (AvgIpc) is 2.97. The Morgan fingerprint density at radius 3 is 3.11 bits per heavy atom. The van der Waals surface area contributed by atoms with Crippen LogP contribution in [0.15, 0.2) is 18.6 Å². The SMILES string of the molecule is CCCNC(CCCC1CCCO1)c1cnccn1. The molecule has 4 heteroatoms. The molecule has 19 heavy (non-hydrogen) atoms. The van der Waals surface area contributed by atoms with Crippen LogP contribution in [0.5, 0.6) is 0 Å².